The minimum atomic E-state index is -3.98. The van der Waals surface area contributed by atoms with Gasteiger partial charge < -0.3 is 10.1 Å². The number of halogens is 1. The van der Waals surface area contributed by atoms with Crippen molar-refractivity contribution in [1.29, 1.82) is 0 Å². The monoisotopic (exact) mass is 304 g/mol. The molecular weight excluding hydrogens is 287 g/mol. The maximum atomic E-state index is 13.7. The first-order valence-corrected chi connectivity index (χ1v) is 7.45. The third-order valence-corrected chi connectivity index (χ3v) is 3.25. The van der Waals surface area contributed by atoms with Crippen molar-refractivity contribution in [3.63, 3.8) is 0 Å². The third kappa shape index (κ3) is 4.46. The molecule has 0 saturated heterocycles. The van der Waals surface area contributed by atoms with E-state index in [1.54, 1.807) is 13.8 Å². The van der Waals surface area contributed by atoms with Gasteiger partial charge in [0.25, 0.3) is 5.91 Å². The molecule has 1 unspecified atom stereocenters. The fraction of sp³-hybridized carbons (Fsp3) is 0.417. The van der Waals surface area contributed by atoms with E-state index in [0.717, 1.165) is 18.2 Å². The van der Waals surface area contributed by atoms with E-state index in [9.17, 15) is 17.6 Å². The van der Waals surface area contributed by atoms with Gasteiger partial charge in [-0.1, -0.05) is 0 Å². The maximum absolute atomic E-state index is 13.7. The Kier molecular flexibility index (Phi) is 5.07. The van der Waals surface area contributed by atoms with Crippen LogP contribution < -0.4 is 15.2 Å². The van der Waals surface area contributed by atoms with Crippen molar-refractivity contribution >= 4 is 15.9 Å². The van der Waals surface area contributed by atoms with Gasteiger partial charge in [-0.15, -0.1) is 0 Å². The minimum Gasteiger partial charge on any atom is -0.478 e. The van der Waals surface area contributed by atoms with Crippen molar-refractivity contribution in [2.45, 2.75) is 37.8 Å². The van der Waals surface area contributed by atoms with Crippen molar-refractivity contribution < 1.29 is 22.3 Å². The number of carbonyl (C=O) groups excluding carboxylic acids is 1. The molecule has 0 aliphatic rings. The summed E-state index contributed by atoms with van der Waals surface area (Å²) in [6.45, 7) is 5.03. The highest BCUT2D eigenvalue weighted by atomic mass is 32.2. The number of amides is 1. The van der Waals surface area contributed by atoms with E-state index >= 15 is 0 Å². The largest absolute Gasteiger partial charge is 0.478 e. The number of sulfonamides is 1. The molecule has 1 amide bonds. The molecule has 6 nitrogen and oxygen atoms in total. The second kappa shape index (κ2) is 6.19. The lowest BCUT2D eigenvalue weighted by molar-refractivity contribution is -0.127. The molecule has 0 fully saturated rings. The van der Waals surface area contributed by atoms with E-state index in [1.165, 1.54) is 6.92 Å². The van der Waals surface area contributed by atoms with Crippen LogP contribution in [0.4, 0.5) is 4.39 Å². The molecular formula is C12H17FN2O4S. The Balaban J connectivity index is 2.87. The molecule has 1 atom stereocenters. The molecule has 1 rings (SSSR count). The van der Waals surface area contributed by atoms with Crippen LogP contribution in [0.5, 0.6) is 5.75 Å². The summed E-state index contributed by atoms with van der Waals surface area (Å²) < 4.78 is 41.0. The van der Waals surface area contributed by atoms with Gasteiger partial charge in [0.1, 0.15) is 0 Å². The molecule has 112 valence electrons. The molecule has 3 N–H and O–H groups in total. The number of carbonyl (C=O) groups is 1. The molecule has 20 heavy (non-hydrogen) atoms. The van der Waals surface area contributed by atoms with Crippen LogP contribution in [0.3, 0.4) is 0 Å². The summed E-state index contributed by atoms with van der Waals surface area (Å²) in [7, 11) is -3.98. The first-order chi connectivity index (χ1) is 9.11. The van der Waals surface area contributed by atoms with Crippen LogP contribution in [-0.2, 0) is 14.8 Å². The molecule has 0 spiro atoms. The van der Waals surface area contributed by atoms with E-state index < -0.39 is 27.9 Å². The van der Waals surface area contributed by atoms with Crippen LogP contribution in [0, 0.1) is 5.82 Å². The zero-order chi connectivity index (χ0) is 15.5. The average molecular weight is 304 g/mol. The van der Waals surface area contributed by atoms with Gasteiger partial charge in [-0.3, -0.25) is 4.79 Å². The Labute approximate surface area is 117 Å². The van der Waals surface area contributed by atoms with Crippen LogP contribution in [0.25, 0.3) is 0 Å². The number of nitrogens with two attached hydrogens (primary N) is 1. The van der Waals surface area contributed by atoms with Gasteiger partial charge in [-0.25, -0.2) is 17.9 Å². The van der Waals surface area contributed by atoms with Gasteiger partial charge >= 0.3 is 0 Å². The van der Waals surface area contributed by atoms with Crippen LogP contribution in [0.15, 0.2) is 23.1 Å². The van der Waals surface area contributed by atoms with Gasteiger partial charge in [0.2, 0.25) is 10.0 Å². The fourth-order valence-corrected chi connectivity index (χ4v) is 1.93. The Morgan fingerprint density at radius 2 is 1.95 bits per heavy atom. The van der Waals surface area contributed by atoms with E-state index in [4.69, 9.17) is 9.88 Å². The molecule has 8 heteroatoms. The number of hydrogen-bond acceptors (Lipinski definition) is 4. The van der Waals surface area contributed by atoms with Crippen molar-refractivity contribution in [3.05, 3.63) is 24.0 Å². The molecule has 1 aromatic rings. The van der Waals surface area contributed by atoms with E-state index in [0.29, 0.717) is 0 Å². The SMILES string of the molecule is CC(C)NC(=O)C(C)Oc1ccc(S(N)(=O)=O)cc1F. The summed E-state index contributed by atoms with van der Waals surface area (Å²) in [5.74, 6) is -1.51. The van der Waals surface area contributed by atoms with Crippen LogP contribution in [-0.4, -0.2) is 26.5 Å². The number of primary sulfonamides is 1. The van der Waals surface area contributed by atoms with Crippen LogP contribution in [0.1, 0.15) is 20.8 Å². The summed E-state index contributed by atoms with van der Waals surface area (Å²) in [6, 6.07) is 2.91. The smallest absolute Gasteiger partial charge is 0.260 e. The highest BCUT2D eigenvalue weighted by Gasteiger charge is 2.18. The molecule has 0 aliphatic carbocycles. The number of hydrogen-bond donors (Lipinski definition) is 2. The van der Waals surface area contributed by atoms with Crippen molar-refractivity contribution in [2.24, 2.45) is 5.14 Å². The summed E-state index contributed by atoms with van der Waals surface area (Å²) in [5, 5.41) is 7.50. The summed E-state index contributed by atoms with van der Waals surface area (Å²) in [4.78, 5) is 11.3. The highest BCUT2D eigenvalue weighted by Crippen LogP contribution is 2.21. The molecule has 0 aliphatic heterocycles. The summed E-state index contributed by atoms with van der Waals surface area (Å²) in [6.07, 6.45) is -0.910. The summed E-state index contributed by atoms with van der Waals surface area (Å²) >= 11 is 0. The molecule has 0 bridgehead atoms. The predicted molar refractivity (Wildman–Crippen MR) is 71.1 cm³/mol. The zero-order valence-corrected chi connectivity index (χ0v) is 12.2. The van der Waals surface area contributed by atoms with Gasteiger partial charge in [-0.05, 0) is 39.0 Å². The Morgan fingerprint density at radius 3 is 2.40 bits per heavy atom. The van der Waals surface area contributed by atoms with Gasteiger partial charge in [0, 0.05) is 6.04 Å². The maximum Gasteiger partial charge on any atom is 0.260 e. The lowest BCUT2D eigenvalue weighted by atomic mass is 10.3. The highest BCUT2D eigenvalue weighted by molar-refractivity contribution is 7.89. The zero-order valence-electron chi connectivity index (χ0n) is 11.4. The predicted octanol–water partition coefficient (Wildman–Crippen LogP) is 0.765. The molecule has 0 heterocycles. The number of benzene rings is 1. The van der Waals surface area contributed by atoms with Crippen molar-refractivity contribution in [1.82, 2.24) is 5.32 Å². The third-order valence-electron chi connectivity index (χ3n) is 2.34. The van der Waals surface area contributed by atoms with E-state index in [1.807, 2.05) is 0 Å². The molecule has 1 aromatic carbocycles. The van der Waals surface area contributed by atoms with Gasteiger partial charge in [-0.2, -0.15) is 0 Å². The minimum absolute atomic E-state index is 0.0665. The van der Waals surface area contributed by atoms with E-state index in [-0.39, 0.29) is 16.7 Å². The first kappa shape index (κ1) is 16.4. The Morgan fingerprint density at radius 1 is 1.35 bits per heavy atom. The molecule has 0 aromatic heterocycles. The van der Waals surface area contributed by atoms with Crippen molar-refractivity contribution in [3.8, 4) is 5.75 Å². The van der Waals surface area contributed by atoms with Crippen molar-refractivity contribution in [2.75, 3.05) is 0 Å². The Hall–Kier alpha value is -1.67. The molecule has 0 saturated carbocycles. The lowest BCUT2D eigenvalue weighted by Crippen LogP contribution is -2.40. The first-order valence-electron chi connectivity index (χ1n) is 5.90. The number of ether oxygens (including phenoxy) is 1. The Bertz CT molecular complexity index is 601. The summed E-state index contributed by atoms with van der Waals surface area (Å²) in [5.41, 5.74) is 0. The number of nitrogens with one attached hydrogen (secondary N) is 1. The van der Waals surface area contributed by atoms with Gasteiger partial charge in [0.15, 0.2) is 17.7 Å². The normalized spacial score (nSPS) is 13.1. The molecule has 0 radical (unpaired) electrons. The second-order valence-corrected chi connectivity index (χ2v) is 6.12. The lowest BCUT2D eigenvalue weighted by Gasteiger charge is -2.17. The topological polar surface area (TPSA) is 98.5 Å². The van der Waals surface area contributed by atoms with Crippen LogP contribution in [0.2, 0.25) is 0 Å². The fourth-order valence-electron chi connectivity index (χ4n) is 1.40. The quantitative estimate of drug-likeness (QED) is 0.839. The second-order valence-electron chi connectivity index (χ2n) is 4.56. The van der Waals surface area contributed by atoms with Crippen LogP contribution >= 0.6 is 0 Å². The van der Waals surface area contributed by atoms with Gasteiger partial charge in [0.05, 0.1) is 4.90 Å². The van der Waals surface area contributed by atoms with E-state index in [2.05, 4.69) is 5.32 Å². The standard InChI is InChI=1S/C12H17FN2O4S/c1-7(2)15-12(16)8(3)19-11-5-4-9(6-10(11)13)20(14,17)18/h4-8H,1-3H3,(H,15,16)(H2,14,17,18). The average Bonchev–Trinajstić information content (AvgIpc) is 2.29. The number of rotatable bonds is 5.